The van der Waals surface area contributed by atoms with E-state index in [1.165, 1.54) is 17.0 Å². The molecule has 0 heterocycles. The highest BCUT2D eigenvalue weighted by atomic mass is 16.5. The molecule has 37 heavy (non-hydrogen) atoms. The lowest BCUT2D eigenvalue weighted by Crippen LogP contribution is -2.47. The third-order valence-corrected chi connectivity index (χ3v) is 6.07. The summed E-state index contributed by atoms with van der Waals surface area (Å²) < 4.78 is 5.17. The number of rotatable bonds is 10. The lowest BCUT2D eigenvalue weighted by Gasteiger charge is -2.26. The van der Waals surface area contributed by atoms with Crippen LogP contribution in [-0.2, 0) is 4.79 Å². The van der Waals surface area contributed by atoms with Crippen molar-refractivity contribution in [2.75, 3.05) is 31.8 Å². The van der Waals surface area contributed by atoms with E-state index in [0.717, 1.165) is 5.56 Å². The molecule has 3 aromatic rings. The van der Waals surface area contributed by atoms with Gasteiger partial charge in [-0.1, -0.05) is 32.0 Å². The Hall–Kier alpha value is -4.34. The van der Waals surface area contributed by atoms with Crippen LogP contribution in [0.15, 0.2) is 52.1 Å². The minimum Gasteiger partial charge on any atom is -0.505 e. The molecule has 0 fully saturated rings. The molecule has 196 valence electrons. The van der Waals surface area contributed by atoms with Gasteiger partial charge in [-0.2, -0.15) is 0 Å². The maximum absolute atomic E-state index is 13.1. The molecule has 3 aromatic carbocycles. The number of hydrogen-bond donors (Lipinski definition) is 4. The average molecular weight is 509 g/mol. The molecule has 2 atom stereocenters. The largest absolute Gasteiger partial charge is 0.505 e. The molecule has 0 aliphatic rings. The van der Waals surface area contributed by atoms with Crippen LogP contribution >= 0.6 is 0 Å². The Balaban J connectivity index is 1.81. The van der Waals surface area contributed by atoms with Crippen molar-refractivity contribution in [1.82, 2.24) is 10.2 Å². The molecule has 2 amide bonds. The van der Waals surface area contributed by atoms with E-state index in [9.17, 15) is 24.3 Å². The first-order valence-electron chi connectivity index (χ1n) is 11.8. The summed E-state index contributed by atoms with van der Waals surface area (Å²) in [7, 11) is 4.67. The van der Waals surface area contributed by atoms with Gasteiger partial charge in [0.2, 0.25) is 5.91 Å². The molecular weight excluding hydrogens is 476 g/mol. The van der Waals surface area contributed by atoms with Gasteiger partial charge in [0.1, 0.15) is 23.2 Å². The molecule has 0 radical (unpaired) electrons. The highest BCUT2D eigenvalue weighted by Gasteiger charge is 2.30. The highest BCUT2D eigenvalue weighted by Crippen LogP contribution is 2.32. The zero-order chi connectivity index (χ0) is 27.4. The van der Waals surface area contributed by atoms with Gasteiger partial charge in [-0.15, -0.1) is 0 Å². The smallest absolute Gasteiger partial charge is 0.257 e. The average Bonchev–Trinajstić information content (AvgIpc) is 2.87. The number of phenols is 1. The Morgan fingerprint density at radius 1 is 0.946 bits per heavy atom. The van der Waals surface area contributed by atoms with E-state index in [2.05, 4.69) is 16.0 Å². The SMILES string of the molecule is COc1ccc([C@@H](C)NC(=O)[C@H](Nc2c(Nc3cccc(C(=O)N(C)C)c3O)c(=O)c2=O)C(C)C)cc1. The summed E-state index contributed by atoms with van der Waals surface area (Å²) in [6.45, 7) is 5.47. The molecule has 0 spiro atoms. The number of benzene rings is 2. The maximum atomic E-state index is 13.1. The molecule has 0 aliphatic carbocycles. The fraction of sp³-hybridized carbons (Fsp3) is 0.333. The molecule has 0 unspecified atom stereocenters. The van der Waals surface area contributed by atoms with Gasteiger partial charge < -0.3 is 30.7 Å². The number of aromatic hydroxyl groups is 1. The van der Waals surface area contributed by atoms with E-state index in [0.29, 0.717) is 5.75 Å². The van der Waals surface area contributed by atoms with Gasteiger partial charge in [-0.25, -0.2) is 0 Å². The summed E-state index contributed by atoms with van der Waals surface area (Å²) in [5.74, 6) is -0.654. The van der Waals surface area contributed by atoms with Gasteiger partial charge in [0, 0.05) is 14.1 Å². The van der Waals surface area contributed by atoms with Crippen molar-refractivity contribution in [3.05, 3.63) is 74.0 Å². The van der Waals surface area contributed by atoms with Crippen LogP contribution in [-0.4, -0.2) is 49.1 Å². The number of phenolic OH excluding ortho intramolecular Hbond substituents is 1. The molecule has 0 aromatic heterocycles. The van der Waals surface area contributed by atoms with Crippen molar-refractivity contribution >= 4 is 28.9 Å². The third kappa shape index (κ3) is 5.74. The first-order chi connectivity index (χ1) is 17.5. The van der Waals surface area contributed by atoms with Crippen molar-refractivity contribution in [1.29, 1.82) is 0 Å². The van der Waals surface area contributed by atoms with Crippen molar-refractivity contribution < 1.29 is 19.4 Å². The fourth-order valence-corrected chi connectivity index (χ4v) is 3.81. The zero-order valence-electron chi connectivity index (χ0n) is 21.7. The van der Waals surface area contributed by atoms with Gasteiger partial charge in [-0.3, -0.25) is 19.2 Å². The Morgan fingerprint density at radius 2 is 1.57 bits per heavy atom. The standard InChI is InChI=1S/C27H32N4O6/c1-14(2)20(26(35)28-15(3)16-10-12-17(37-6)13-11-16)30-22-21(24(33)25(22)34)29-19-9-7-8-18(23(19)32)27(36)31(4)5/h7-15,20,29-30,32H,1-6H3,(H,28,35)/t15-,20-/m1/s1. The van der Waals surface area contributed by atoms with Crippen LogP contribution < -0.4 is 31.5 Å². The van der Waals surface area contributed by atoms with E-state index < -0.39 is 22.8 Å². The first kappa shape index (κ1) is 27.3. The van der Waals surface area contributed by atoms with Gasteiger partial charge in [-0.05, 0) is 42.7 Å². The van der Waals surface area contributed by atoms with Crippen LogP contribution in [0.2, 0.25) is 0 Å². The summed E-state index contributed by atoms with van der Waals surface area (Å²) in [6.07, 6.45) is 0. The molecule has 0 saturated carbocycles. The lowest BCUT2D eigenvalue weighted by atomic mass is 10.0. The van der Waals surface area contributed by atoms with E-state index in [-0.39, 0.29) is 46.2 Å². The second-order valence-corrected chi connectivity index (χ2v) is 9.30. The van der Waals surface area contributed by atoms with Crippen molar-refractivity contribution in [3.63, 3.8) is 0 Å². The number of para-hydroxylation sites is 1. The summed E-state index contributed by atoms with van der Waals surface area (Å²) in [5, 5.41) is 19.2. The molecular formula is C27H32N4O6. The topological polar surface area (TPSA) is 137 Å². The molecule has 0 saturated heterocycles. The summed E-state index contributed by atoms with van der Waals surface area (Å²) in [6, 6.07) is 10.6. The van der Waals surface area contributed by atoms with Crippen LogP contribution in [0.1, 0.15) is 42.7 Å². The lowest BCUT2D eigenvalue weighted by molar-refractivity contribution is -0.123. The van der Waals surface area contributed by atoms with Crippen LogP contribution in [0, 0.1) is 5.92 Å². The molecule has 10 nitrogen and oxygen atoms in total. The number of carbonyl (C=O) groups is 2. The number of nitrogens with one attached hydrogen (secondary N) is 3. The third-order valence-electron chi connectivity index (χ3n) is 6.07. The summed E-state index contributed by atoms with van der Waals surface area (Å²) >= 11 is 0. The summed E-state index contributed by atoms with van der Waals surface area (Å²) in [4.78, 5) is 51.6. The number of anilines is 3. The molecule has 0 aliphatic heterocycles. The zero-order valence-corrected chi connectivity index (χ0v) is 21.7. The summed E-state index contributed by atoms with van der Waals surface area (Å²) in [5.41, 5.74) is -0.714. The number of hydrogen-bond acceptors (Lipinski definition) is 8. The van der Waals surface area contributed by atoms with Crippen molar-refractivity contribution in [3.8, 4) is 11.5 Å². The van der Waals surface area contributed by atoms with E-state index >= 15 is 0 Å². The highest BCUT2D eigenvalue weighted by molar-refractivity contribution is 5.99. The Bertz CT molecular complexity index is 1360. The molecule has 3 rings (SSSR count). The maximum Gasteiger partial charge on any atom is 0.257 e. The second kappa shape index (κ2) is 11.2. The normalized spacial score (nSPS) is 12.6. The number of amides is 2. The van der Waals surface area contributed by atoms with E-state index in [1.54, 1.807) is 39.4 Å². The Kier molecular flexibility index (Phi) is 8.21. The molecule has 10 heteroatoms. The fourth-order valence-electron chi connectivity index (χ4n) is 3.81. The van der Waals surface area contributed by atoms with Crippen molar-refractivity contribution in [2.24, 2.45) is 5.92 Å². The molecule has 0 bridgehead atoms. The molecule has 4 N–H and O–H groups in total. The Morgan fingerprint density at radius 3 is 2.14 bits per heavy atom. The number of nitrogens with zero attached hydrogens (tertiary/aromatic N) is 1. The van der Waals surface area contributed by atoms with Crippen LogP contribution in [0.25, 0.3) is 0 Å². The van der Waals surface area contributed by atoms with Gasteiger partial charge in [0.15, 0.2) is 5.75 Å². The minimum atomic E-state index is -0.820. The predicted molar refractivity (Wildman–Crippen MR) is 143 cm³/mol. The van der Waals surface area contributed by atoms with Gasteiger partial charge in [0.25, 0.3) is 16.8 Å². The number of ether oxygens (including phenoxy) is 1. The van der Waals surface area contributed by atoms with Crippen LogP contribution in [0.5, 0.6) is 11.5 Å². The monoisotopic (exact) mass is 508 g/mol. The minimum absolute atomic E-state index is 0.0372. The van der Waals surface area contributed by atoms with Crippen LogP contribution in [0.3, 0.4) is 0 Å². The van der Waals surface area contributed by atoms with Crippen molar-refractivity contribution in [2.45, 2.75) is 32.9 Å². The van der Waals surface area contributed by atoms with E-state index in [4.69, 9.17) is 4.74 Å². The number of carbonyl (C=O) groups excluding carboxylic acids is 2. The van der Waals surface area contributed by atoms with E-state index in [1.807, 2.05) is 32.9 Å². The first-order valence-corrected chi connectivity index (χ1v) is 11.8. The van der Waals surface area contributed by atoms with Gasteiger partial charge in [0.05, 0.1) is 24.4 Å². The quantitative estimate of drug-likeness (QED) is 0.242. The number of methoxy groups -OCH3 is 1. The van der Waals surface area contributed by atoms with Gasteiger partial charge >= 0.3 is 0 Å². The Labute approximate surface area is 215 Å². The second-order valence-electron chi connectivity index (χ2n) is 9.30. The predicted octanol–water partition coefficient (Wildman–Crippen LogP) is 2.76. The van der Waals surface area contributed by atoms with Crippen LogP contribution in [0.4, 0.5) is 17.1 Å².